The number of fused-ring (bicyclic) bond motifs is 3. The van der Waals surface area contributed by atoms with Gasteiger partial charge in [0.1, 0.15) is 12.2 Å². The fourth-order valence-corrected chi connectivity index (χ4v) is 5.29. The second-order valence-electron chi connectivity index (χ2n) is 8.50. The molecule has 1 aliphatic heterocycles. The first-order chi connectivity index (χ1) is 13.3. The summed E-state index contributed by atoms with van der Waals surface area (Å²) < 4.78 is 11.5. The molecule has 0 unspecified atom stereocenters. The Labute approximate surface area is 165 Å². The van der Waals surface area contributed by atoms with Crippen molar-refractivity contribution in [2.24, 2.45) is 17.3 Å². The van der Waals surface area contributed by atoms with Gasteiger partial charge in [-0.05, 0) is 25.3 Å². The zero-order chi connectivity index (χ0) is 20.1. The third-order valence-corrected chi connectivity index (χ3v) is 6.73. The van der Waals surface area contributed by atoms with E-state index in [0.29, 0.717) is 18.4 Å². The first kappa shape index (κ1) is 18.9. The molecule has 0 amide bonds. The van der Waals surface area contributed by atoms with Gasteiger partial charge in [0.05, 0.1) is 18.4 Å². The van der Waals surface area contributed by atoms with Gasteiger partial charge in [0.2, 0.25) is 0 Å². The largest absolute Gasteiger partial charge is 0.461 e. The van der Waals surface area contributed by atoms with E-state index in [1.54, 1.807) is 0 Å². The molecule has 1 N–H and O–H groups in total. The quantitative estimate of drug-likeness (QED) is 0.494. The van der Waals surface area contributed by atoms with Crippen molar-refractivity contribution in [3.63, 3.8) is 0 Å². The number of carbonyl (C=O) groups excluding carboxylic acids is 2. The van der Waals surface area contributed by atoms with Crippen LogP contribution in [0.4, 0.5) is 0 Å². The monoisotopic (exact) mass is 382 g/mol. The van der Waals surface area contributed by atoms with Crippen molar-refractivity contribution in [2.45, 2.75) is 51.4 Å². The highest BCUT2D eigenvalue weighted by molar-refractivity contribution is 5.91. The molecule has 1 heterocycles. The SMILES string of the molecule is C=C1C(=O)O[C@H]2[C@H]1[C@@H](OC(=O)Cc1ccccc1)C[C@@]1(C)[C@H](O)CC=C(C)[C@H]21. The predicted molar refractivity (Wildman–Crippen MR) is 103 cm³/mol. The minimum absolute atomic E-state index is 0.103. The Morgan fingerprint density at radius 1 is 1.36 bits per heavy atom. The molecule has 1 aromatic rings. The third kappa shape index (κ3) is 2.98. The third-order valence-electron chi connectivity index (χ3n) is 6.73. The van der Waals surface area contributed by atoms with Crippen LogP contribution in [0.5, 0.6) is 0 Å². The van der Waals surface area contributed by atoms with Crippen LogP contribution in [-0.4, -0.2) is 35.4 Å². The second kappa shape index (κ2) is 6.89. The topological polar surface area (TPSA) is 72.8 Å². The number of hydrogen-bond acceptors (Lipinski definition) is 5. The summed E-state index contributed by atoms with van der Waals surface area (Å²) >= 11 is 0. The van der Waals surface area contributed by atoms with Crippen LogP contribution in [0, 0.1) is 17.3 Å². The molecule has 0 bridgehead atoms. The van der Waals surface area contributed by atoms with E-state index < -0.39 is 29.7 Å². The van der Waals surface area contributed by atoms with E-state index in [0.717, 1.165) is 11.1 Å². The van der Waals surface area contributed by atoms with Gasteiger partial charge < -0.3 is 14.6 Å². The number of rotatable bonds is 3. The maximum Gasteiger partial charge on any atom is 0.334 e. The van der Waals surface area contributed by atoms with Crippen LogP contribution >= 0.6 is 0 Å². The Bertz CT molecular complexity index is 842. The molecule has 0 spiro atoms. The average Bonchev–Trinajstić information content (AvgIpc) is 2.94. The molecule has 5 heteroatoms. The van der Waals surface area contributed by atoms with Crippen LogP contribution in [-0.2, 0) is 25.5 Å². The summed E-state index contributed by atoms with van der Waals surface area (Å²) in [6, 6.07) is 9.41. The van der Waals surface area contributed by atoms with Crippen LogP contribution in [0.25, 0.3) is 0 Å². The zero-order valence-electron chi connectivity index (χ0n) is 16.3. The van der Waals surface area contributed by atoms with Crippen molar-refractivity contribution >= 4 is 11.9 Å². The van der Waals surface area contributed by atoms with Gasteiger partial charge in [-0.1, -0.05) is 55.5 Å². The van der Waals surface area contributed by atoms with Gasteiger partial charge in [-0.2, -0.15) is 0 Å². The predicted octanol–water partition coefficient (Wildman–Crippen LogP) is 2.98. The summed E-state index contributed by atoms with van der Waals surface area (Å²) in [6.07, 6.45) is 1.63. The Hall–Kier alpha value is -2.40. The number of carbonyl (C=O) groups is 2. The van der Waals surface area contributed by atoms with Gasteiger partial charge >= 0.3 is 11.9 Å². The van der Waals surface area contributed by atoms with Crippen molar-refractivity contribution in [3.8, 4) is 0 Å². The number of aliphatic hydroxyl groups is 1. The van der Waals surface area contributed by atoms with E-state index in [2.05, 4.69) is 6.58 Å². The molecule has 4 rings (SSSR count). The standard InChI is InChI=1S/C23H26O5/c1-13-9-10-17(24)23(3)12-16(19-14(2)22(26)28-21(19)20(13)23)27-18(25)11-15-7-5-4-6-8-15/h4-9,16-17,19-21,24H,2,10-12H2,1,3H3/t16-,17+,19+,20+,21-,23-/m0/s1. The number of ether oxygens (including phenoxy) is 2. The Morgan fingerprint density at radius 3 is 2.79 bits per heavy atom. The summed E-state index contributed by atoms with van der Waals surface area (Å²) in [7, 11) is 0. The summed E-state index contributed by atoms with van der Waals surface area (Å²) in [4.78, 5) is 24.9. The molecular weight excluding hydrogens is 356 g/mol. The van der Waals surface area contributed by atoms with E-state index in [-0.39, 0.29) is 24.2 Å². The van der Waals surface area contributed by atoms with Crippen molar-refractivity contribution < 1.29 is 24.2 Å². The van der Waals surface area contributed by atoms with Gasteiger partial charge in [0.25, 0.3) is 0 Å². The van der Waals surface area contributed by atoms with E-state index in [9.17, 15) is 14.7 Å². The molecule has 1 saturated carbocycles. The average molecular weight is 382 g/mol. The molecule has 5 nitrogen and oxygen atoms in total. The molecule has 6 atom stereocenters. The van der Waals surface area contributed by atoms with Gasteiger partial charge in [0, 0.05) is 16.9 Å². The molecule has 2 aliphatic carbocycles. The first-order valence-electron chi connectivity index (χ1n) is 9.79. The zero-order valence-corrected chi connectivity index (χ0v) is 16.3. The molecule has 1 saturated heterocycles. The van der Waals surface area contributed by atoms with Gasteiger partial charge in [-0.15, -0.1) is 0 Å². The lowest BCUT2D eigenvalue weighted by atomic mass is 9.54. The number of hydrogen-bond donors (Lipinski definition) is 1. The number of esters is 2. The van der Waals surface area contributed by atoms with Gasteiger partial charge in [-0.3, -0.25) is 4.79 Å². The summed E-state index contributed by atoms with van der Waals surface area (Å²) in [5.74, 6) is -1.26. The first-order valence-corrected chi connectivity index (χ1v) is 9.79. The molecule has 0 aromatic heterocycles. The summed E-state index contributed by atoms with van der Waals surface area (Å²) in [5, 5.41) is 10.8. The normalized spacial score (nSPS) is 36.8. The fourth-order valence-electron chi connectivity index (χ4n) is 5.29. The highest BCUT2D eigenvalue weighted by atomic mass is 16.6. The van der Waals surface area contributed by atoms with Crippen LogP contribution in [0.1, 0.15) is 32.3 Å². The Morgan fingerprint density at radius 2 is 2.07 bits per heavy atom. The number of benzene rings is 1. The maximum atomic E-state index is 12.6. The minimum Gasteiger partial charge on any atom is -0.461 e. The lowest BCUT2D eigenvalue weighted by Crippen LogP contribution is -2.57. The van der Waals surface area contributed by atoms with Crippen molar-refractivity contribution in [2.75, 3.05) is 0 Å². The molecule has 2 fully saturated rings. The van der Waals surface area contributed by atoms with E-state index >= 15 is 0 Å². The number of aliphatic hydroxyl groups excluding tert-OH is 1. The fraction of sp³-hybridized carbons (Fsp3) is 0.478. The van der Waals surface area contributed by atoms with Crippen LogP contribution in [0.15, 0.2) is 54.1 Å². The van der Waals surface area contributed by atoms with E-state index in [1.807, 2.05) is 50.3 Å². The minimum atomic E-state index is -0.579. The van der Waals surface area contributed by atoms with E-state index in [1.165, 1.54) is 0 Å². The molecule has 28 heavy (non-hydrogen) atoms. The smallest absolute Gasteiger partial charge is 0.334 e. The highest BCUT2D eigenvalue weighted by Gasteiger charge is 2.61. The molecule has 1 aromatic carbocycles. The van der Waals surface area contributed by atoms with Crippen molar-refractivity contribution in [1.29, 1.82) is 0 Å². The van der Waals surface area contributed by atoms with Crippen molar-refractivity contribution in [3.05, 3.63) is 59.7 Å². The van der Waals surface area contributed by atoms with Crippen LogP contribution < -0.4 is 0 Å². The summed E-state index contributed by atoms with van der Waals surface area (Å²) in [5.41, 5.74) is 1.82. The van der Waals surface area contributed by atoms with Gasteiger partial charge in [0.15, 0.2) is 0 Å². The second-order valence-corrected chi connectivity index (χ2v) is 8.50. The maximum absolute atomic E-state index is 12.6. The Kier molecular flexibility index (Phi) is 4.66. The van der Waals surface area contributed by atoms with Gasteiger partial charge in [-0.25, -0.2) is 4.79 Å². The molecular formula is C23H26O5. The van der Waals surface area contributed by atoms with Crippen molar-refractivity contribution in [1.82, 2.24) is 0 Å². The lowest BCUT2D eigenvalue weighted by Gasteiger charge is -2.53. The van der Waals surface area contributed by atoms with Crippen LogP contribution in [0.2, 0.25) is 0 Å². The highest BCUT2D eigenvalue weighted by Crippen LogP contribution is 2.56. The summed E-state index contributed by atoms with van der Waals surface area (Å²) in [6.45, 7) is 7.94. The molecule has 148 valence electrons. The van der Waals surface area contributed by atoms with Crippen LogP contribution in [0.3, 0.4) is 0 Å². The molecule has 0 radical (unpaired) electrons. The Balaban J connectivity index is 1.62. The molecule has 3 aliphatic rings. The van der Waals surface area contributed by atoms with E-state index in [4.69, 9.17) is 9.47 Å². The lowest BCUT2D eigenvalue weighted by molar-refractivity contribution is -0.175.